The van der Waals surface area contributed by atoms with E-state index in [0.29, 0.717) is 18.7 Å². The lowest BCUT2D eigenvalue weighted by Gasteiger charge is -2.15. The normalized spacial score (nSPS) is 14.0. The van der Waals surface area contributed by atoms with E-state index < -0.39 is 21.8 Å². The highest BCUT2D eigenvalue weighted by Gasteiger charge is 2.27. The van der Waals surface area contributed by atoms with Crippen LogP contribution >= 0.6 is 0 Å². The minimum Gasteiger partial charge on any atom is -0.352 e. The third-order valence-corrected chi connectivity index (χ3v) is 7.07. The van der Waals surface area contributed by atoms with Crippen molar-refractivity contribution in [3.63, 3.8) is 0 Å². The van der Waals surface area contributed by atoms with Gasteiger partial charge in [0.05, 0.1) is 4.90 Å². The zero-order valence-electron chi connectivity index (χ0n) is 17.8. The Labute approximate surface area is 187 Å². The molecule has 0 aliphatic carbocycles. The number of carbonyl (C=O) groups is 3. The summed E-state index contributed by atoms with van der Waals surface area (Å²) in [6.45, 7) is 2.94. The summed E-state index contributed by atoms with van der Waals surface area (Å²) in [7, 11) is -3.55. The number of nitrogens with zero attached hydrogens (tertiary/aromatic N) is 1. The number of amides is 3. The second kappa shape index (κ2) is 10.4. The fraction of sp³-hybridized carbons (Fsp3) is 0.318. The van der Waals surface area contributed by atoms with Gasteiger partial charge < -0.3 is 5.32 Å². The van der Waals surface area contributed by atoms with E-state index in [2.05, 4.69) is 16.2 Å². The van der Waals surface area contributed by atoms with Gasteiger partial charge in [0.1, 0.15) is 0 Å². The van der Waals surface area contributed by atoms with Crippen LogP contribution in [0.1, 0.15) is 45.5 Å². The Bertz CT molecular complexity index is 1090. The van der Waals surface area contributed by atoms with Crippen LogP contribution in [0.4, 0.5) is 0 Å². The molecule has 0 bridgehead atoms. The maximum absolute atomic E-state index is 12.5. The number of benzene rings is 2. The molecule has 1 aliphatic heterocycles. The molecule has 0 saturated carbocycles. The van der Waals surface area contributed by atoms with Crippen LogP contribution in [0.5, 0.6) is 0 Å². The third-order valence-electron chi connectivity index (χ3n) is 5.16. The van der Waals surface area contributed by atoms with E-state index in [1.165, 1.54) is 28.6 Å². The second-order valence-corrected chi connectivity index (χ2v) is 9.40. The summed E-state index contributed by atoms with van der Waals surface area (Å²) in [5, 5.41) is 2.66. The molecule has 0 aromatic heterocycles. The van der Waals surface area contributed by atoms with Gasteiger partial charge in [-0.2, -0.15) is 4.31 Å². The molecule has 3 rings (SSSR count). The number of nitrogens with one attached hydrogen (secondary N) is 3. The van der Waals surface area contributed by atoms with Gasteiger partial charge in [0.25, 0.3) is 11.8 Å². The zero-order valence-corrected chi connectivity index (χ0v) is 18.6. The first kappa shape index (κ1) is 23.4. The van der Waals surface area contributed by atoms with Crippen molar-refractivity contribution in [2.75, 3.05) is 19.6 Å². The third kappa shape index (κ3) is 5.71. The molecule has 3 N–H and O–H groups in total. The molecule has 1 aliphatic rings. The highest BCUT2D eigenvalue weighted by Crippen LogP contribution is 2.21. The van der Waals surface area contributed by atoms with Gasteiger partial charge >= 0.3 is 0 Å². The smallest absolute Gasteiger partial charge is 0.269 e. The zero-order chi connectivity index (χ0) is 23.1. The van der Waals surface area contributed by atoms with Crippen LogP contribution < -0.4 is 16.2 Å². The Balaban J connectivity index is 1.44. The van der Waals surface area contributed by atoms with Crippen molar-refractivity contribution < 1.29 is 22.8 Å². The lowest BCUT2D eigenvalue weighted by atomic mass is 10.1. The average Bonchev–Trinajstić information content (AvgIpc) is 3.34. The van der Waals surface area contributed by atoms with Crippen molar-refractivity contribution in [3.8, 4) is 0 Å². The number of hydrazine groups is 1. The molecule has 9 nitrogen and oxygen atoms in total. The number of hydrogen-bond acceptors (Lipinski definition) is 5. The Morgan fingerprint density at radius 3 is 2.22 bits per heavy atom. The Morgan fingerprint density at radius 1 is 0.906 bits per heavy atom. The van der Waals surface area contributed by atoms with Crippen molar-refractivity contribution >= 4 is 27.7 Å². The molecular weight excluding hydrogens is 432 g/mol. The maximum Gasteiger partial charge on any atom is 0.269 e. The van der Waals surface area contributed by atoms with Crippen molar-refractivity contribution in [2.45, 2.75) is 31.1 Å². The topological polar surface area (TPSA) is 125 Å². The van der Waals surface area contributed by atoms with Crippen LogP contribution in [-0.2, 0) is 14.8 Å². The number of sulfonamides is 1. The van der Waals surface area contributed by atoms with Gasteiger partial charge in [-0.3, -0.25) is 25.2 Å². The molecule has 32 heavy (non-hydrogen) atoms. The molecule has 0 atom stereocenters. The standard InChI is InChI=1S/C22H26N4O5S/c1-16-6-2-3-7-19(16)22(29)23-13-12-20(27)24-25-21(28)17-8-10-18(11-9-17)32(30,31)26-14-4-5-15-26/h2-3,6-11H,4-5,12-15H2,1H3,(H,23,29)(H,24,27)(H,25,28). The van der Waals surface area contributed by atoms with Crippen LogP contribution in [0.25, 0.3) is 0 Å². The van der Waals surface area contributed by atoms with Crippen molar-refractivity contribution in [2.24, 2.45) is 0 Å². The van der Waals surface area contributed by atoms with Crippen molar-refractivity contribution in [1.29, 1.82) is 0 Å². The van der Waals surface area contributed by atoms with E-state index in [-0.39, 0.29) is 29.3 Å². The molecule has 1 heterocycles. The molecular formula is C22H26N4O5S. The molecule has 1 fully saturated rings. The summed E-state index contributed by atoms with van der Waals surface area (Å²) >= 11 is 0. The summed E-state index contributed by atoms with van der Waals surface area (Å²) in [5.41, 5.74) is 6.14. The molecule has 10 heteroatoms. The molecule has 0 spiro atoms. The van der Waals surface area contributed by atoms with Gasteiger partial charge in [0, 0.05) is 37.2 Å². The monoisotopic (exact) mass is 458 g/mol. The quantitative estimate of drug-likeness (QED) is 0.541. The van der Waals surface area contributed by atoms with Gasteiger partial charge in [0.2, 0.25) is 15.9 Å². The van der Waals surface area contributed by atoms with Crippen molar-refractivity contribution in [1.82, 2.24) is 20.5 Å². The summed E-state index contributed by atoms with van der Waals surface area (Å²) in [6, 6.07) is 12.7. The minimum absolute atomic E-state index is 0.0229. The molecule has 0 radical (unpaired) electrons. The summed E-state index contributed by atoms with van der Waals surface area (Å²) in [5.74, 6) is -1.33. The molecule has 1 saturated heterocycles. The van der Waals surface area contributed by atoms with Gasteiger partial charge in [-0.15, -0.1) is 0 Å². The predicted molar refractivity (Wildman–Crippen MR) is 118 cm³/mol. The minimum atomic E-state index is -3.55. The number of hydrogen-bond donors (Lipinski definition) is 3. The van der Waals surface area contributed by atoms with E-state index in [9.17, 15) is 22.8 Å². The van der Waals surface area contributed by atoms with Crippen molar-refractivity contribution in [3.05, 3.63) is 65.2 Å². The molecule has 170 valence electrons. The van der Waals surface area contributed by atoms with E-state index in [0.717, 1.165) is 18.4 Å². The van der Waals surface area contributed by atoms with E-state index in [1.54, 1.807) is 12.1 Å². The fourth-order valence-electron chi connectivity index (χ4n) is 3.33. The highest BCUT2D eigenvalue weighted by atomic mass is 32.2. The number of aryl methyl sites for hydroxylation is 1. The summed E-state index contributed by atoms with van der Waals surface area (Å²) < 4.78 is 26.5. The number of rotatable bonds is 7. The average molecular weight is 459 g/mol. The van der Waals surface area contributed by atoms with Crippen LogP contribution in [-0.4, -0.2) is 50.1 Å². The van der Waals surface area contributed by atoms with Crippen LogP contribution in [0.15, 0.2) is 53.4 Å². The Kier molecular flexibility index (Phi) is 7.60. The molecule has 2 aromatic carbocycles. The first-order valence-electron chi connectivity index (χ1n) is 10.3. The number of carbonyl (C=O) groups excluding carboxylic acids is 3. The van der Waals surface area contributed by atoms with Gasteiger partial charge in [-0.05, 0) is 55.7 Å². The molecule has 3 amide bonds. The molecule has 0 unspecified atom stereocenters. The van der Waals surface area contributed by atoms with Crippen LogP contribution in [0, 0.1) is 6.92 Å². The van der Waals surface area contributed by atoms with E-state index in [1.807, 2.05) is 19.1 Å². The molecule has 2 aromatic rings. The van der Waals surface area contributed by atoms with Gasteiger partial charge in [0.15, 0.2) is 0 Å². The predicted octanol–water partition coefficient (Wildman–Crippen LogP) is 1.36. The lowest BCUT2D eigenvalue weighted by molar-refractivity contribution is -0.121. The van der Waals surface area contributed by atoms with Crippen LogP contribution in [0.2, 0.25) is 0 Å². The summed E-state index contributed by atoms with van der Waals surface area (Å²) in [6.07, 6.45) is 1.66. The fourth-order valence-corrected chi connectivity index (χ4v) is 4.85. The van der Waals surface area contributed by atoms with E-state index >= 15 is 0 Å². The highest BCUT2D eigenvalue weighted by molar-refractivity contribution is 7.89. The first-order valence-corrected chi connectivity index (χ1v) is 11.8. The van der Waals surface area contributed by atoms with Gasteiger partial charge in [-0.1, -0.05) is 18.2 Å². The first-order chi connectivity index (χ1) is 15.3. The SMILES string of the molecule is Cc1ccccc1C(=O)NCCC(=O)NNC(=O)c1ccc(S(=O)(=O)N2CCCC2)cc1. The lowest BCUT2D eigenvalue weighted by Crippen LogP contribution is -2.42. The Morgan fingerprint density at radius 2 is 1.56 bits per heavy atom. The van der Waals surface area contributed by atoms with Gasteiger partial charge in [-0.25, -0.2) is 8.42 Å². The largest absolute Gasteiger partial charge is 0.352 e. The maximum atomic E-state index is 12.5. The second-order valence-electron chi connectivity index (χ2n) is 7.46. The van der Waals surface area contributed by atoms with E-state index in [4.69, 9.17) is 0 Å². The summed E-state index contributed by atoms with van der Waals surface area (Å²) in [4.78, 5) is 36.4. The van der Waals surface area contributed by atoms with Crippen LogP contribution in [0.3, 0.4) is 0 Å². The Hall–Kier alpha value is -3.24.